The molecule has 2 rings (SSSR count). The first kappa shape index (κ1) is 14.5. The van der Waals surface area contributed by atoms with Gasteiger partial charge in [-0.1, -0.05) is 36.8 Å². The number of allylic oxidation sites excluding steroid dienone is 2. The predicted molar refractivity (Wildman–Crippen MR) is 86.5 cm³/mol. The maximum absolute atomic E-state index is 6.34. The number of anilines is 1. The summed E-state index contributed by atoms with van der Waals surface area (Å²) in [5.41, 5.74) is 1.08. The normalized spacial score (nSPS) is 26.6. The van der Waals surface area contributed by atoms with Gasteiger partial charge >= 0.3 is 0 Å². The van der Waals surface area contributed by atoms with Gasteiger partial charge in [-0.05, 0) is 44.2 Å². The van der Waals surface area contributed by atoms with Crippen LogP contribution in [0.4, 0.5) is 5.69 Å². The molecule has 0 aliphatic heterocycles. The van der Waals surface area contributed by atoms with E-state index in [1.54, 1.807) is 0 Å². The van der Waals surface area contributed by atoms with Gasteiger partial charge in [-0.2, -0.15) is 12.6 Å². The first-order valence-corrected chi connectivity index (χ1v) is 7.72. The molecule has 2 atom stereocenters. The molecule has 2 nitrogen and oxygen atoms in total. The van der Waals surface area contributed by atoms with Crippen LogP contribution in [0.15, 0.2) is 42.5 Å². The summed E-state index contributed by atoms with van der Waals surface area (Å²) in [5.74, 6) is 6.34. The predicted octanol–water partition coefficient (Wildman–Crippen LogP) is 3.94. The number of nitrogens with zero attached hydrogens (tertiary/aromatic N) is 1. The highest BCUT2D eigenvalue weighted by atomic mass is 32.1. The highest BCUT2D eigenvalue weighted by Gasteiger charge is 2.23. The molecular formula is C16H24N2S. The van der Waals surface area contributed by atoms with E-state index in [0.29, 0.717) is 11.3 Å². The Morgan fingerprint density at radius 3 is 2.53 bits per heavy atom. The molecule has 0 saturated carbocycles. The number of rotatable bonds is 2. The van der Waals surface area contributed by atoms with Gasteiger partial charge in [0.05, 0.1) is 11.7 Å². The van der Waals surface area contributed by atoms with E-state index in [-0.39, 0.29) is 0 Å². The number of para-hydroxylation sites is 1. The molecule has 0 amide bonds. The molecule has 0 aromatic heterocycles. The van der Waals surface area contributed by atoms with E-state index in [9.17, 15) is 0 Å². The fourth-order valence-electron chi connectivity index (χ4n) is 2.62. The standard InChI is InChI=1S/C16H24N2S/c17-18(14-10-6-5-7-11-14)15-12-8-3-1-2-4-9-13-16(15)19/h2,4-7,10-11,15-16,19H,1,3,8-9,12-13,17H2/b4-2-. The van der Waals surface area contributed by atoms with Crippen molar-refractivity contribution >= 4 is 18.3 Å². The van der Waals surface area contributed by atoms with Gasteiger partial charge < -0.3 is 5.01 Å². The Morgan fingerprint density at radius 1 is 1.00 bits per heavy atom. The first-order chi connectivity index (χ1) is 9.29. The molecule has 0 radical (unpaired) electrons. The van der Waals surface area contributed by atoms with Crippen LogP contribution in [0.1, 0.15) is 38.5 Å². The van der Waals surface area contributed by atoms with Gasteiger partial charge in [-0.25, -0.2) is 5.84 Å². The van der Waals surface area contributed by atoms with Crippen LogP contribution in [-0.2, 0) is 0 Å². The van der Waals surface area contributed by atoms with Gasteiger partial charge in [0.1, 0.15) is 0 Å². The Labute approximate surface area is 122 Å². The number of benzene rings is 1. The third-order valence-corrected chi connectivity index (χ3v) is 4.37. The van der Waals surface area contributed by atoms with Crippen LogP contribution in [0.2, 0.25) is 0 Å². The molecule has 0 bridgehead atoms. The Balaban J connectivity index is 2.07. The largest absolute Gasteiger partial charge is 0.307 e. The van der Waals surface area contributed by atoms with E-state index in [4.69, 9.17) is 18.5 Å². The lowest BCUT2D eigenvalue weighted by Gasteiger charge is -2.33. The van der Waals surface area contributed by atoms with Gasteiger partial charge in [-0.3, -0.25) is 0 Å². The molecule has 1 aromatic carbocycles. The Bertz CT molecular complexity index is 391. The second-order valence-corrected chi connectivity index (χ2v) is 5.87. The molecule has 1 aliphatic rings. The summed E-state index contributed by atoms with van der Waals surface area (Å²) in [6.45, 7) is 0. The van der Waals surface area contributed by atoms with Crippen molar-refractivity contribution in [2.45, 2.75) is 49.8 Å². The highest BCUT2D eigenvalue weighted by molar-refractivity contribution is 7.81. The van der Waals surface area contributed by atoms with E-state index < -0.39 is 0 Å². The number of hydrogen-bond donors (Lipinski definition) is 2. The summed E-state index contributed by atoms with van der Waals surface area (Å²) in [7, 11) is 0. The molecule has 1 aromatic rings. The minimum Gasteiger partial charge on any atom is -0.307 e. The minimum atomic E-state index is 0.317. The van der Waals surface area contributed by atoms with Crippen LogP contribution < -0.4 is 10.9 Å². The molecule has 0 saturated heterocycles. The lowest BCUT2D eigenvalue weighted by Crippen LogP contribution is -2.46. The zero-order valence-electron chi connectivity index (χ0n) is 11.4. The molecule has 1 aliphatic carbocycles. The lowest BCUT2D eigenvalue weighted by atomic mass is 9.99. The average molecular weight is 276 g/mol. The zero-order chi connectivity index (χ0) is 13.5. The van der Waals surface area contributed by atoms with Gasteiger partial charge in [0.2, 0.25) is 0 Å². The highest BCUT2D eigenvalue weighted by Crippen LogP contribution is 2.24. The molecule has 19 heavy (non-hydrogen) atoms. The van der Waals surface area contributed by atoms with Crippen LogP contribution in [0, 0.1) is 0 Å². The second-order valence-electron chi connectivity index (χ2n) is 5.21. The molecule has 2 N–H and O–H groups in total. The van der Waals surface area contributed by atoms with Crippen molar-refractivity contribution in [3.05, 3.63) is 42.5 Å². The summed E-state index contributed by atoms with van der Waals surface area (Å²) < 4.78 is 0. The van der Waals surface area contributed by atoms with E-state index >= 15 is 0 Å². The maximum atomic E-state index is 6.34. The third-order valence-electron chi connectivity index (χ3n) is 3.77. The van der Waals surface area contributed by atoms with Crippen molar-refractivity contribution in [3.63, 3.8) is 0 Å². The molecule has 3 heteroatoms. The summed E-state index contributed by atoms with van der Waals surface area (Å²) in [6, 6.07) is 10.5. The SMILES string of the molecule is NN(c1ccccc1)C1CCCC/C=C\CCC1S. The van der Waals surface area contributed by atoms with E-state index in [1.165, 1.54) is 19.3 Å². The number of nitrogens with two attached hydrogens (primary N) is 1. The lowest BCUT2D eigenvalue weighted by molar-refractivity contribution is 0.494. The third kappa shape index (κ3) is 4.29. The maximum Gasteiger partial charge on any atom is 0.0568 e. The fourth-order valence-corrected chi connectivity index (χ4v) is 3.06. The van der Waals surface area contributed by atoms with Crippen LogP contribution in [-0.4, -0.2) is 11.3 Å². The monoisotopic (exact) mass is 276 g/mol. The van der Waals surface area contributed by atoms with Crippen LogP contribution in [0.3, 0.4) is 0 Å². The van der Waals surface area contributed by atoms with Crippen molar-refractivity contribution in [1.29, 1.82) is 0 Å². The summed E-state index contributed by atoms with van der Waals surface area (Å²) in [5, 5.41) is 2.25. The van der Waals surface area contributed by atoms with Crippen LogP contribution in [0.25, 0.3) is 0 Å². The Kier molecular flexibility index (Phi) is 5.80. The van der Waals surface area contributed by atoms with E-state index in [2.05, 4.69) is 24.3 Å². The number of thiol groups is 1. The molecule has 0 spiro atoms. The van der Waals surface area contributed by atoms with Crippen molar-refractivity contribution < 1.29 is 0 Å². The molecule has 0 heterocycles. The average Bonchev–Trinajstić information content (AvgIpc) is 2.46. The molecule has 0 fully saturated rings. The van der Waals surface area contributed by atoms with Gasteiger partial charge in [0.15, 0.2) is 0 Å². The summed E-state index contributed by atoms with van der Waals surface area (Å²) in [4.78, 5) is 0. The quantitative estimate of drug-likeness (QED) is 0.371. The summed E-state index contributed by atoms with van der Waals surface area (Å²) in [6.07, 6.45) is 11.6. The number of hydrazine groups is 1. The fraction of sp³-hybridized carbons (Fsp3) is 0.500. The van der Waals surface area contributed by atoms with Crippen molar-refractivity contribution in [3.8, 4) is 0 Å². The van der Waals surface area contributed by atoms with Crippen molar-refractivity contribution in [1.82, 2.24) is 0 Å². The summed E-state index contributed by atoms with van der Waals surface area (Å²) >= 11 is 4.79. The van der Waals surface area contributed by atoms with Crippen LogP contribution in [0.5, 0.6) is 0 Å². The van der Waals surface area contributed by atoms with Gasteiger partial charge in [0, 0.05) is 5.25 Å². The van der Waals surface area contributed by atoms with E-state index in [1.807, 2.05) is 23.2 Å². The molecule has 2 unspecified atom stereocenters. The second kappa shape index (κ2) is 7.61. The van der Waals surface area contributed by atoms with Gasteiger partial charge in [0.25, 0.3) is 0 Å². The minimum absolute atomic E-state index is 0.317. The van der Waals surface area contributed by atoms with Crippen molar-refractivity contribution in [2.75, 3.05) is 5.01 Å². The van der Waals surface area contributed by atoms with E-state index in [0.717, 1.165) is 24.9 Å². The zero-order valence-corrected chi connectivity index (χ0v) is 12.3. The topological polar surface area (TPSA) is 29.3 Å². The Morgan fingerprint density at radius 2 is 1.74 bits per heavy atom. The van der Waals surface area contributed by atoms with Crippen LogP contribution >= 0.6 is 12.6 Å². The molecule has 104 valence electrons. The van der Waals surface area contributed by atoms with Gasteiger partial charge in [-0.15, -0.1) is 0 Å². The smallest absolute Gasteiger partial charge is 0.0568 e. The Hall–Kier alpha value is -0.930. The number of hydrogen-bond acceptors (Lipinski definition) is 3. The van der Waals surface area contributed by atoms with Crippen molar-refractivity contribution in [2.24, 2.45) is 5.84 Å². The first-order valence-electron chi connectivity index (χ1n) is 7.21. The molecular weight excluding hydrogens is 252 g/mol.